The van der Waals surface area contributed by atoms with Gasteiger partial charge in [0.05, 0.1) is 0 Å². The van der Waals surface area contributed by atoms with E-state index in [9.17, 15) is 4.79 Å². The normalized spacial score (nSPS) is 37.2. The highest BCUT2D eigenvalue weighted by Crippen LogP contribution is 2.64. The topological polar surface area (TPSA) is 17.1 Å². The molecule has 1 nitrogen and oxygen atoms in total. The molecule has 0 spiro atoms. The van der Waals surface area contributed by atoms with E-state index in [1.54, 1.807) is 0 Å². The summed E-state index contributed by atoms with van der Waals surface area (Å²) in [7, 11) is 0. The Morgan fingerprint density at radius 1 is 1.19 bits per heavy atom. The Morgan fingerprint density at radius 3 is 2.35 bits per heavy atom. The number of hydrogen-bond acceptors (Lipinski definition) is 1. The summed E-state index contributed by atoms with van der Waals surface area (Å²) in [5.41, 5.74) is 0.685. The molecule has 26 heavy (non-hydrogen) atoms. The Bertz CT molecular complexity index is 479. The Labute approximate surface area is 164 Å². The van der Waals surface area contributed by atoms with E-state index in [1.807, 2.05) is 0 Å². The van der Waals surface area contributed by atoms with Gasteiger partial charge in [0.25, 0.3) is 0 Å². The van der Waals surface area contributed by atoms with Gasteiger partial charge in [-0.05, 0) is 59.2 Å². The van der Waals surface area contributed by atoms with Crippen molar-refractivity contribution >= 4 is 5.78 Å². The number of fused-ring (bicyclic) bond motifs is 1. The van der Waals surface area contributed by atoms with Gasteiger partial charge in [-0.25, -0.2) is 0 Å². The van der Waals surface area contributed by atoms with Crippen molar-refractivity contribution in [1.82, 2.24) is 0 Å². The summed E-state index contributed by atoms with van der Waals surface area (Å²) in [6.07, 6.45) is 9.59. The minimum Gasteiger partial charge on any atom is -0.300 e. The van der Waals surface area contributed by atoms with Gasteiger partial charge in [0.2, 0.25) is 0 Å². The van der Waals surface area contributed by atoms with Gasteiger partial charge in [0, 0.05) is 12.8 Å². The lowest BCUT2D eigenvalue weighted by atomic mass is 9.47. The van der Waals surface area contributed by atoms with E-state index in [1.165, 1.54) is 38.5 Å². The number of carbonyl (C=O) groups is 1. The van der Waals surface area contributed by atoms with Crippen LogP contribution in [0.4, 0.5) is 0 Å². The van der Waals surface area contributed by atoms with Crippen molar-refractivity contribution in [2.45, 2.75) is 107 Å². The van der Waals surface area contributed by atoms with Gasteiger partial charge in [-0.2, -0.15) is 0 Å². The molecule has 0 aromatic heterocycles. The summed E-state index contributed by atoms with van der Waals surface area (Å²) in [5.74, 6) is 4.93. The number of ketones is 1. The molecule has 6 atom stereocenters. The van der Waals surface area contributed by atoms with Crippen LogP contribution < -0.4 is 0 Å². The fraction of sp³-hybridized carbons (Fsp3) is 0.960. The molecule has 0 bridgehead atoms. The van der Waals surface area contributed by atoms with E-state index >= 15 is 0 Å². The standard InChI is InChI=1S/C25H46O/c1-9-11-19-14-22(24(7,18(5)6)13-12-17(3)4)21(10-2)23-15-20(26)16-25(19,23)8/h17-19,21-23H,9-16H2,1-8H3. The molecule has 2 aliphatic carbocycles. The maximum atomic E-state index is 12.5. The van der Waals surface area contributed by atoms with Crippen molar-refractivity contribution in [3.8, 4) is 0 Å². The van der Waals surface area contributed by atoms with Crippen molar-refractivity contribution in [3.63, 3.8) is 0 Å². The summed E-state index contributed by atoms with van der Waals surface area (Å²) in [6.45, 7) is 19.4. The third-order valence-corrected chi connectivity index (χ3v) is 8.91. The first-order valence-corrected chi connectivity index (χ1v) is 11.6. The first-order chi connectivity index (χ1) is 12.1. The molecule has 0 heterocycles. The van der Waals surface area contributed by atoms with Crippen LogP contribution in [-0.2, 0) is 4.79 Å². The third-order valence-electron chi connectivity index (χ3n) is 8.91. The van der Waals surface area contributed by atoms with Gasteiger partial charge in [0.1, 0.15) is 5.78 Å². The van der Waals surface area contributed by atoms with E-state index in [0.29, 0.717) is 23.0 Å². The average Bonchev–Trinajstić information content (AvgIpc) is 2.87. The van der Waals surface area contributed by atoms with E-state index in [-0.39, 0.29) is 5.41 Å². The molecular weight excluding hydrogens is 316 g/mol. The smallest absolute Gasteiger partial charge is 0.133 e. The lowest BCUT2D eigenvalue weighted by molar-refractivity contribution is -0.118. The van der Waals surface area contributed by atoms with E-state index < -0.39 is 0 Å². The second-order valence-corrected chi connectivity index (χ2v) is 11.0. The highest BCUT2D eigenvalue weighted by atomic mass is 16.1. The van der Waals surface area contributed by atoms with Crippen molar-refractivity contribution in [1.29, 1.82) is 0 Å². The van der Waals surface area contributed by atoms with E-state index in [2.05, 4.69) is 55.4 Å². The van der Waals surface area contributed by atoms with Crippen molar-refractivity contribution in [3.05, 3.63) is 0 Å². The van der Waals surface area contributed by atoms with E-state index in [0.717, 1.165) is 36.5 Å². The summed E-state index contributed by atoms with van der Waals surface area (Å²) >= 11 is 0. The minimum atomic E-state index is 0.278. The molecule has 2 rings (SSSR count). The molecule has 1 heteroatoms. The molecule has 0 radical (unpaired) electrons. The molecular formula is C25H46O. The van der Waals surface area contributed by atoms with Gasteiger partial charge in [-0.15, -0.1) is 0 Å². The fourth-order valence-corrected chi connectivity index (χ4v) is 6.85. The highest BCUT2D eigenvalue weighted by molar-refractivity contribution is 5.82. The molecule has 0 saturated heterocycles. The zero-order valence-corrected chi connectivity index (χ0v) is 19.0. The first kappa shape index (κ1) is 22.0. The summed E-state index contributed by atoms with van der Waals surface area (Å²) < 4.78 is 0. The first-order valence-electron chi connectivity index (χ1n) is 11.6. The number of rotatable bonds is 8. The van der Waals surface area contributed by atoms with Crippen LogP contribution in [0, 0.1) is 46.3 Å². The van der Waals surface area contributed by atoms with Crippen LogP contribution in [0.1, 0.15) is 107 Å². The van der Waals surface area contributed by atoms with Crippen molar-refractivity contribution < 1.29 is 4.79 Å². The van der Waals surface area contributed by atoms with Gasteiger partial charge in [-0.1, -0.05) is 81.1 Å². The Kier molecular flexibility index (Phi) is 7.06. The van der Waals surface area contributed by atoms with Gasteiger partial charge in [0.15, 0.2) is 0 Å². The maximum absolute atomic E-state index is 12.5. The molecule has 6 unspecified atom stereocenters. The number of carbonyl (C=O) groups excluding carboxylic acids is 1. The number of Topliss-reactive ketones (excluding diaryl/α,β-unsaturated/α-hetero) is 1. The van der Waals surface area contributed by atoms with Crippen LogP contribution in [0.2, 0.25) is 0 Å². The molecule has 152 valence electrons. The molecule has 0 aromatic carbocycles. The predicted molar refractivity (Wildman–Crippen MR) is 113 cm³/mol. The Morgan fingerprint density at radius 2 is 1.85 bits per heavy atom. The highest BCUT2D eigenvalue weighted by Gasteiger charge is 2.58. The fourth-order valence-electron chi connectivity index (χ4n) is 6.85. The van der Waals surface area contributed by atoms with Crippen molar-refractivity contribution in [2.75, 3.05) is 0 Å². The lowest BCUT2D eigenvalue weighted by Crippen LogP contribution is -2.50. The third kappa shape index (κ3) is 3.93. The zero-order valence-electron chi connectivity index (χ0n) is 19.0. The summed E-state index contributed by atoms with van der Waals surface area (Å²) in [5, 5.41) is 0. The van der Waals surface area contributed by atoms with Crippen LogP contribution >= 0.6 is 0 Å². The minimum absolute atomic E-state index is 0.278. The van der Waals surface area contributed by atoms with Crippen LogP contribution in [0.5, 0.6) is 0 Å². The number of hydrogen-bond donors (Lipinski definition) is 0. The SMILES string of the molecule is CCCC1CC(C(C)(CCC(C)C)C(C)C)C(CC)C2CC(=O)CC12C. The van der Waals surface area contributed by atoms with Crippen LogP contribution in [0.15, 0.2) is 0 Å². The molecule has 0 aromatic rings. The van der Waals surface area contributed by atoms with Gasteiger partial charge in [-0.3, -0.25) is 4.79 Å². The van der Waals surface area contributed by atoms with E-state index in [4.69, 9.17) is 0 Å². The van der Waals surface area contributed by atoms with Crippen LogP contribution in [-0.4, -0.2) is 5.78 Å². The molecule has 0 aliphatic heterocycles. The second-order valence-electron chi connectivity index (χ2n) is 11.0. The predicted octanol–water partition coefficient (Wildman–Crippen LogP) is 7.53. The summed E-state index contributed by atoms with van der Waals surface area (Å²) in [6, 6.07) is 0. The zero-order chi connectivity index (χ0) is 19.7. The molecule has 0 amide bonds. The molecule has 2 saturated carbocycles. The Hall–Kier alpha value is -0.330. The molecule has 0 N–H and O–H groups in total. The second kappa shape index (κ2) is 8.36. The van der Waals surface area contributed by atoms with Crippen LogP contribution in [0.25, 0.3) is 0 Å². The Balaban J connectivity index is 2.40. The van der Waals surface area contributed by atoms with Crippen molar-refractivity contribution in [2.24, 2.45) is 46.3 Å². The average molecular weight is 363 g/mol. The monoisotopic (exact) mass is 362 g/mol. The largest absolute Gasteiger partial charge is 0.300 e. The quantitative estimate of drug-likeness (QED) is 0.436. The lowest BCUT2D eigenvalue weighted by Gasteiger charge is -2.57. The molecule has 2 fully saturated rings. The maximum Gasteiger partial charge on any atom is 0.133 e. The van der Waals surface area contributed by atoms with Crippen LogP contribution in [0.3, 0.4) is 0 Å². The molecule has 2 aliphatic rings. The summed E-state index contributed by atoms with van der Waals surface area (Å²) in [4.78, 5) is 12.5. The van der Waals surface area contributed by atoms with Gasteiger partial charge >= 0.3 is 0 Å². The van der Waals surface area contributed by atoms with Gasteiger partial charge < -0.3 is 0 Å².